The summed E-state index contributed by atoms with van der Waals surface area (Å²) in [6, 6.07) is 3.78. The zero-order valence-corrected chi connectivity index (χ0v) is 17.3. The van der Waals surface area contributed by atoms with Gasteiger partial charge in [-0.2, -0.15) is 0 Å². The van der Waals surface area contributed by atoms with Crippen molar-refractivity contribution in [2.45, 2.75) is 51.0 Å². The summed E-state index contributed by atoms with van der Waals surface area (Å²) < 4.78 is 1.89. The van der Waals surface area contributed by atoms with Gasteiger partial charge in [-0.15, -0.1) is 0 Å². The number of aromatic nitrogens is 3. The maximum absolute atomic E-state index is 13.1. The Hall–Kier alpha value is -2.54. The minimum atomic E-state index is -0.407. The molecule has 7 nitrogen and oxygen atoms in total. The molecule has 2 fully saturated rings. The van der Waals surface area contributed by atoms with Crippen molar-refractivity contribution in [1.82, 2.24) is 19.4 Å². The van der Waals surface area contributed by atoms with E-state index in [9.17, 15) is 9.59 Å². The van der Waals surface area contributed by atoms with Gasteiger partial charge < -0.3 is 14.8 Å². The minimum absolute atomic E-state index is 0.111. The first-order valence-electron chi connectivity index (χ1n) is 11.2. The number of carbonyl (C=O) groups is 1. The largest absolute Gasteiger partial charge is 0.316 e. The van der Waals surface area contributed by atoms with Crippen LogP contribution in [0.4, 0.5) is 5.69 Å². The van der Waals surface area contributed by atoms with E-state index >= 15 is 0 Å². The minimum Gasteiger partial charge on any atom is -0.316 e. The summed E-state index contributed by atoms with van der Waals surface area (Å²) in [4.78, 5) is 36.1. The van der Waals surface area contributed by atoms with Crippen LogP contribution in [0.3, 0.4) is 0 Å². The number of carbonyl (C=O) groups excluding carboxylic acids is 1. The summed E-state index contributed by atoms with van der Waals surface area (Å²) in [5.41, 5.74) is 1.52. The molecule has 1 saturated heterocycles. The van der Waals surface area contributed by atoms with Crippen LogP contribution in [0.25, 0.3) is 0 Å². The first kappa shape index (κ1) is 19.4. The van der Waals surface area contributed by atoms with Gasteiger partial charge in [-0.05, 0) is 43.2 Å². The summed E-state index contributed by atoms with van der Waals surface area (Å²) in [6.45, 7) is 4.07. The molecule has 5 rings (SSSR count). The van der Waals surface area contributed by atoms with Crippen molar-refractivity contribution < 1.29 is 4.79 Å². The molecule has 0 spiro atoms. The molecule has 2 unspecified atom stereocenters. The van der Waals surface area contributed by atoms with Crippen LogP contribution in [-0.2, 0) is 6.54 Å². The Morgan fingerprint density at radius 1 is 1.10 bits per heavy atom. The number of piperidine rings is 1. The SMILES string of the molecule is O=C(Nc1ccc2n(c1=O)CC1CC2CN(CC2CCCCC2)C1)c1cnccn1. The maximum Gasteiger partial charge on any atom is 0.276 e. The third kappa shape index (κ3) is 3.90. The Morgan fingerprint density at radius 2 is 1.97 bits per heavy atom. The van der Waals surface area contributed by atoms with E-state index in [0.717, 1.165) is 37.7 Å². The van der Waals surface area contributed by atoms with Crippen LogP contribution in [0.2, 0.25) is 0 Å². The normalized spacial score (nSPS) is 24.3. The molecule has 2 aromatic rings. The predicted octanol–water partition coefficient (Wildman–Crippen LogP) is 2.89. The van der Waals surface area contributed by atoms with Gasteiger partial charge in [-0.3, -0.25) is 14.6 Å². The zero-order chi connectivity index (χ0) is 20.5. The van der Waals surface area contributed by atoms with Crippen molar-refractivity contribution in [3.63, 3.8) is 0 Å². The highest BCUT2D eigenvalue weighted by Gasteiger charge is 2.35. The van der Waals surface area contributed by atoms with Gasteiger partial charge in [0.25, 0.3) is 11.5 Å². The quantitative estimate of drug-likeness (QED) is 0.843. The smallest absolute Gasteiger partial charge is 0.276 e. The van der Waals surface area contributed by atoms with E-state index in [2.05, 4.69) is 20.2 Å². The van der Waals surface area contributed by atoms with Gasteiger partial charge in [0.15, 0.2) is 0 Å². The number of hydrogen-bond acceptors (Lipinski definition) is 5. The lowest BCUT2D eigenvalue weighted by atomic mass is 9.81. The number of pyridine rings is 1. The lowest BCUT2D eigenvalue weighted by Gasteiger charge is -2.44. The Morgan fingerprint density at radius 3 is 2.77 bits per heavy atom. The van der Waals surface area contributed by atoms with Crippen LogP contribution in [0.1, 0.15) is 60.6 Å². The standard InChI is InChI=1S/C23H29N5O2/c29-22(20-11-24-8-9-25-20)26-19-6-7-21-18-10-17(14-28(21)23(19)30)13-27(15-18)12-16-4-2-1-3-5-16/h6-9,11,16-18H,1-5,10,12-15H2,(H,26,29). The van der Waals surface area contributed by atoms with E-state index in [1.54, 1.807) is 6.07 Å². The van der Waals surface area contributed by atoms with E-state index < -0.39 is 5.91 Å². The number of nitrogens with one attached hydrogen (secondary N) is 1. The molecule has 2 atom stereocenters. The topological polar surface area (TPSA) is 80.1 Å². The second-order valence-corrected chi connectivity index (χ2v) is 9.15. The highest BCUT2D eigenvalue weighted by atomic mass is 16.2. The van der Waals surface area contributed by atoms with Crippen LogP contribution < -0.4 is 10.9 Å². The van der Waals surface area contributed by atoms with Crippen LogP contribution in [0.5, 0.6) is 0 Å². The molecule has 1 amide bonds. The average molecular weight is 408 g/mol. The van der Waals surface area contributed by atoms with Gasteiger partial charge >= 0.3 is 0 Å². The van der Waals surface area contributed by atoms with E-state index in [-0.39, 0.29) is 11.3 Å². The molecular weight excluding hydrogens is 378 g/mol. The van der Waals surface area contributed by atoms with E-state index in [0.29, 0.717) is 17.5 Å². The number of anilines is 1. The monoisotopic (exact) mass is 407 g/mol. The third-order valence-corrected chi connectivity index (χ3v) is 6.97. The van der Waals surface area contributed by atoms with E-state index in [1.165, 1.54) is 57.2 Å². The first-order chi connectivity index (χ1) is 14.7. The second-order valence-electron chi connectivity index (χ2n) is 9.15. The summed E-state index contributed by atoms with van der Waals surface area (Å²) >= 11 is 0. The average Bonchev–Trinajstić information content (AvgIpc) is 2.77. The van der Waals surface area contributed by atoms with Gasteiger partial charge in [0.2, 0.25) is 0 Å². The molecule has 7 heteroatoms. The summed E-state index contributed by atoms with van der Waals surface area (Å²) in [5.74, 6) is 1.34. The van der Waals surface area contributed by atoms with Crippen molar-refractivity contribution >= 4 is 11.6 Å². The number of likely N-dealkylation sites (tertiary alicyclic amines) is 1. The summed E-state index contributed by atoms with van der Waals surface area (Å²) in [5, 5.41) is 2.72. The molecule has 3 aliphatic rings. The molecule has 158 valence electrons. The second kappa shape index (κ2) is 8.30. The van der Waals surface area contributed by atoms with Gasteiger partial charge in [0.05, 0.1) is 6.20 Å². The molecule has 4 heterocycles. The van der Waals surface area contributed by atoms with Crippen LogP contribution in [0.15, 0.2) is 35.5 Å². The Kier molecular flexibility index (Phi) is 5.37. The molecular formula is C23H29N5O2. The Labute approximate surface area is 176 Å². The Bertz CT molecular complexity index is 967. The maximum atomic E-state index is 13.1. The van der Waals surface area contributed by atoms with Crippen molar-refractivity contribution in [2.75, 3.05) is 25.0 Å². The number of amides is 1. The van der Waals surface area contributed by atoms with Gasteiger partial charge in [-0.25, -0.2) is 4.98 Å². The van der Waals surface area contributed by atoms with Crippen LogP contribution >= 0.6 is 0 Å². The fourth-order valence-electron chi connectivity index (χ4n) is 5.63. The molecule has 2 bridgehead atoms. The van der Waals surface area contributed by atoms with Crippen molar-refractivity contribution in [3.8, 4) is 0 Å². The molecule has 2 aliphatic heterocycles. The van der Waals surface area contributed by atoms with Gasteiger partial charge in [0, 0.05) is 50.2 Å². The highest BCUT2D eigenvalue weighted by Crippen LogP contribution is 2.36. The molecule has 0 radical (unpaired) electrons. The number of hydrogen-bond donors (Lipinski definition) is 1. The van der Waals surface area contributed by atoms with Gasteiger partial charge in [-0.1, -0.05) is 19.3 Å². The van der Waals surface area contributed by atoms with Crippen LogP contribution in [0, 0.1) is 11.8 Å². The summed E-state index contributed by atoms with van der Waals surface area (Å²) in [6.07, 6.45) is 12.4. The number of fused-ring (bicyclic) bond motifs is 4. The molecule has 1 N–H and O–H groups in total. The van der Waals surface area contributed by atoms with Gasteiger partial charge in [0.1, 0.15) is 11.4 Å². The Balaban J connectivity index is 1.32. The lowest BCUT2D eigenvalue weighted by molar-refractivity contribution is 0.0967. The van der Waals surface area contributed by atoms with E-state index in [1.807, 2.05) is 10.6 Å². The fourth-order valence-corrected chi connectivity index (χ4v) is 5.63. The van der Waals surface area contributed by atoms with Crippen molar-refractivity contribution in [3.05, 3.63) is 52.5 Å². The molecule has 0 aromatic carbocycles. The molecule has 30 heavy (non-hydrogen) atoms. The van der Waals surface area contributed by atoms with Crippen molar-refractivity contribution in [1.29, 1.82) is 0 Å². The number of nitrogens with zero attached hydrogens (tertiary/aromatic N) is 4. The molecule has 1 aliphatic carbocycles. The predicted molar refractivity (Wildman–Crippen MR) is 115 cm³/mol. The lowest BCUT2D eigenvalue weighted by Crippen LogP contribution is -2.48. The number of rotatable bonds is 4. The molecule has 1 saturated carbocycles. The zero-order valence-electron chi connectivity index (χ0n) is 17.3. The molecule has 2 aromatic heterocycles. The highest BCUT2D eigenvalue weighted by molar-refractivity contribution is 6.02. The third-order valence-electron chi connectivity index (χ3n) is 6.97. The first-order valence-corrected chi connectivity index (χ1v) is 11.2. The summed E-state index contributed by atoms with van der Waals surface area (Å²) in [7, 11) is 0. The van der Waals surface area contributed by atoms with Crippen LogP contribution in [-0.4, -0.2) is 45.0 Å². The van der Waals surface area contributed by atoms with E-state index in [4.69, 9.17) is 0 Å². The fraction of sp³-hybridized carbons (Fsp3) is 0.565. The van der Waals surface area contributed by atoms with Crippen molar-refractivity contribution in [2.24, 2.45) is 11.8 Å².